The first kappa shape index (κ1) is 31.2. The van der Waals surface area contributed by atoms with Gasteiger partial charge in [0.25, 0.3) is 0 Å². The average Bonchev–Trinajstić information content (AvgIpc) is 3.67. The maximum absolute atomic E-state index is 13.9. The van der Waals surface area contributed by atoms with Crippen LogP contribution in [0, 0.1) is 23.4 Å². The SMILES string of the molecule is CCN(CC1CC1)C(=O)[C@@H](S[C@@H]1O[C@H](CO)[C@H](O)[C@H](n2cc(-c3cc(F)c(F)c(F)c3)nn2)[C@H]1O)C1(O)CCOCC1. The van der Waals surface area contributed by atoms with E-state index >= 15 is 0 Å². The standard InChI is InChI=1S/C27H35F3N4O7S/c1-2-33(11-14-3-4-14)25(38)24(27(39)5-7-40-8-6-27)42-26-23(37)21(22(36)19(13-35)41-26)34-12-18(31-32-34)15-9-16(28)20(30)17(29)10-15/h9-10,12,14,19,21-24,26,35-37,39H,2-8,11,13H2,1H3/t19-,21+,22+,23-,24-,26+/m1/s1. The maximum atomic E-state index is 13.9. The molecule has 1 aromatic heterocycles. The van der Waals surface area contributed by atoms with Gasteiger partial charge in [0.1, 0.15) is 40.7 Å². The Hall–Kier alpha value is -2.27. The molecule has 0 radical (unpaired) electrons. The Bertz CT molecular complexity index is 1240. The number of carbonyl (C=O) groups is 1. The smallest absolute Gasteiger partial charge is 0.238 e. The first-order valence-electron chi connectivity index (χ1n) is 14.0. The molecule has 0 bridgehead atoms. The molecule has 15 heteroatoms. The van der Waals surface area contributed by atoms with Gasteiger partial charge in [-0.3, -0.25) is 4.79 Å². The molecule has 3 aliphatic rings. The quantitative estimate of drug-likeness (QED) is 0.287. The maximum Gasteiger partial charge on any atom is 0.238 e. The highest BCUT2D eigenvalue weighted by Gasteiger charge is 2.52. The lowest BCUT2D eigenvalue weighted by Gasteiger charge is -2.45. The van der Waals surface area contributed by atoms with Crippen LogP contribution in [0.4, 0.5) is 13.2 Å². The van der Waals surface area contributed by atoms with Crippen molar-refractivity contribution in [1.29, 1.82) is 0 Å². The lowest BCUT2D eigenvalue weighted by Crippen LogP contribution is -2.58. The fraction of sp³-hybridized carbons (Fsp3) is 0.667. The van der Waals surface area contributed by atoms with E-state index in [-0.39, 0.29) is 43.2 Å². The summed E-state index contributed by atoms with van der Waals surface area (Å²) in [6, 6.07) is 0.216. The number of hydrogen-bond acceptors (Lipinski definition) is 10. The summed E-state index contributed by atoms with van der Waals surface area (Å²) in [5, 5.41) is 50.9. The van der Waals surface area contributed by atoms with Gasteiger partial charge in [-0.15, -0.1) is 16.9 Å². The molecule has 0 spiro atoms. The highest BCUT2D eigenvalue weighted by Crippen LogP contribution is 2.42. The van der Waals surface area contributed by atoms with Crippen LogP contribution in [-0.2, 0) is 14.3 Å². The van der Waals surface area contributed by atoms with Crippen molar-refractivity contribution in [1.82, 2.24) is 19.9 Å². The monoisotopic (exact) mass is 616 g/mol. The Kier molecular flexibility index (Phi) is 9.47. The summed E-state index contributed by atoms with van der Waals surface area (Å²) >= 11 is 0.913. The third kappa shape index (κ3) is 6.32. The Morgan fingerprint density at radius 2 is 1.86 bits per heavy atom. The summed E-state index contributed by atoms with van der Waals surface area (Å²) in [7, 11) is 0. The number of aromatic nitrogens is 3. The predicted octanol–water partition coefficient (Wildman–Crippen LogP) is 1.24. The second-order valence-corrected chi connectivity index (χ2v) is 12.3. The minimum Gasteiger partial charge on any atom is -0.394 e. The molecule has 2 saturated heterocycles. The molecule has 1 aliphatic carbocycles. The minimum atomic E-state index is -1.64. The molecule has 232 valence electrons. The summed E-state index contributed by atoms with van der Waals surface area (Å²) in [5.41, 5.74) is -2.85. The number of halogens is 3. The van der Waals surface area contributed by atoms with Crippen LogP contribution in [0.1, 0.15) is 38.6 Å². The third-order valence-corrected chi connectivity index (χ3v) is 9.72. The van der Waals surface area contributed by atoms with Crippen molar-refractivity contribution < 1.29 is 47.9 Å². The third-order valence-electron chi connectivity index (χ3n) is 8.15. The second-order valence-electron chi connectivity index (χ2n) is 11.1. The summed E-state index contributed by atoms with van der Waals surface area (Å²) < 4.78 is 53.5. The predicted molar refractivity (Wildman–Crippen MR) is 143 cm³/mol. The molecule has 3 fully saturated rings. The van der Waals surface area contributed by atoms with E-state index in [1.54, 1.807) is 4.90 Å². The van der Waals surface area contributed by atoms with E-state index in [1.165, 1.54) is 6.20 Å². The Morgan fingerprint density at radius 3 is 2.45 bits per heavy atom. The number of aliphatic hydroxyl groups is 4. The molecular weight excluding hydrogens is 581 g/mol. The molecular formula is C27H35F3N4O7S. The average molecular weight is 617 g/mol. The second kappa shape index (κ2) is 12.8. The highest BCUT2D eigenvalue weighted by atomic mass is 32.2. The van der Waals surface area contributed by atoms with Crippen molar-refractivity contribution in [2.24, 2.45) is 5.92 Å². The van der Waals surface area contributed by atoms with E-state index in [2.05, 4.69) is 10.3 Å². The molecule has 3 heterocycles. The highest BCUT2D eigenvalue weighted by molar-refractivity contribution is 8.01. The first-order valence-corrected chi connectivity index (χ1v) is 14.9. The van der Waals surface area contributed by atoms with Gasteiger partial charge in [0, 0.05) is 44.7 Å². The molecule has 1 amide bonds. The van der Waals surface area contributed by atoms with Gasteiger partial charge in [-0.2, -0.15) is 0 Å². The fourth-order valence-electron chi connectivity index (χ4n) is 5.44. The zero-order valence-corrected chi connectivity index (χ0v) is 23.8. The summed E-state index contributed by atoms with van der Waals surface area (Å²) in [5.74, 6) is -4.38. The molecule has 0 unspecified atom stereocenters. The molecule has 1 aromatic carbocycles. The van der Waals surface area contributed by atoms with Crippen LogP contribution in [0.15, 0.2) is 18.3 Å². The summed E-state index contributed by atoms with van der Waals surface area (Å²) in [6.45, 7) is 2.70. The number of thioether (sulfide) groups is 1. The Morgan fingerprint density at radius 1 is 1.19 bits per heavy atom. The number of carbonyl (C=O) groups excluding carboxylic acids is 1. The number of nitrogens with zero attached hydrogens (tertiary/aromatic N) is 4. The van der Waals surface area contributed by atoms with Gasteiger partial charge < -0.3 is 34.8 Å². The zero-order valence-electron chi connectivity index (χ0n) is 23.0. The molecule has 1 saturated carbocycles. The lowest BCUT2D eigenvalue weighted by molar-refractivity contribution is -0.179. The number of rotatable bonds is 10. The Balaban J connectivity index is 1.43. The van der Waals surface area contributed by atoms with Gasteiger partial charge in [-0.25, -0.2) is 17.9 Å². The van der Waals surface area contributed by atoms with Crippen molar-refractivity contribution >= 4 is 17.7 Å². The number of aliphatic hydroxyl groups excluding tert-OH is 3. The normalized spacial score (nSPS) is 28.4. The van der Waals surface area contributed by atoms with Crippen molar-refractivity contribution in [3.8, 4) is 11.3 Å². The number of amides is 1. The van der Waals surface area contributed by atoms with Crippen molar-refractivity contribution in [3.05, 3.63) is 35.8 Å². The van der Waals surface area contributed by atoms with Crippen molar-refractivity contribution in [2.75, 3.05) is 32.9 Å². The van der Waals surface area contributed by atoms with Crippen LogP contribution in [-0.4, -0.2) is 114 Å². The number of benzene rings is 1. The molecule has 6 atom stereocenters. The molecule has 11 nitrogen and oxygen atoms in total. The van der Waals surface area contributed by atoms with Crippen LogP contribution < -0.4 is 0 Å². The van der Waals surface area contributed by atoms with Gasteiger partial charge in [0.2, 0.25) is 5.91 Å². The van der Waals surface area contributed by atoms with Gasteiger partial charge >= 0.3 is 0 Å². The molecule has 4 N–H and O–H groups in total. The molecule has 2 aromatic rings. The lowest BCUT2D eigenvalue weighted by atomic mass is 9.89. The zero-order chi connectivity index (χ0) is 30.2. The topological polar surface area (TPSA) is 150 Å². The van der Waals surface area contributed by atoms with Gasteiger partial charge in [-0.05, 0) is 37.8 Å². The van der Waals surface area contributed by atoms with E-state index in [1.807, 2.05) is 6.92 Å². The molecule has 5 rings (SSSR count). The van der Waals surface area contributed by atoms with E-state index in [0.29, 0.717) is 19.0 Å². The van der Waals surface area contributed by atoms with E-state index in [9.17, 15) is 38.4 Å². The summed E-state index contributed by atoms with van der Waals surface area (Å²) in [4.78, 5) is 15.6. The van der Waals surface area contributed by atoms with Crippen LogP contribution in [0.5, 0.6) is 0 Å². The van der Waals surface area contributed by atoms with Crippen molar-refractivity contribution in [3.63, 3.8) is 0 Å². The van der Waals surface area contributed by atoms with E-state index in [4.69, 9.17) is 9.47 Å². The Labute approximate surface area is 244 Å². The van der Waals surface area contributed by atoms with E-state index in [0.717, 1.165) is 41.4 Å². The van der Waals surface area contributed by atoms with Crippen LogP contribution in [0.25, 0.3) is 11.3 Å². The van der Waals surface area contributed by atoms with Crippen LogP contribution in [0.2, 0.25) is 0 Å². The van der Waals surface area contributed by atoms with Gasteiger partial charge in [0.05, 0.1) is 18.4 Å². The summed E-state index contributed by atoms with van der Waals surface area (Å²) in [6.07, 6.45) is -0.592. The number of ether oxygens (including phenoxy) is 2. The molecule has 42 heavy (non-hydrogen) atoms. The van der Waals surface area contributed by atoms with Gasteiger partial charge in [-0.1, -0.05) is 5.21 Å². The number of hydrogen-bond donors (Lipinski definition) is 4. The fourth-order valence-corrected chi connectivity index (χ4v) is 6.99. The molecule has 2 aliphatic heterocycles. The van der Waals surface area contributed by atoms with E-state index < -0.39 is 64.7 Å². The van der Waals surface area contributed by atoms with Crippen molar-refractivity contribution in [2.45, 2.75) is 73.2 Å². The first-order chi connectivity index (χ1) is 20.1. The van der Waals surface area contributed by atoms with Gasteiger partial charge in [0.15, 0.2) is 17.5 Å². The largest absolute Gasteiger partial charge is 0.394 e. The minimum absolute atomic E-state index is 0.0633. The van der Waals surface area contributed by atoms with Crippen LogP contribution in [0.3, 0.4) is 0 Å². The van der Waals surface area contributed by atoms with Crippen LogP contribution >= 0.6 is 11.8 Å².